The summed E-state index contributed by atoms with van der Waals surface area (Å²) in [5, 5.41) is 94.6. The number of carbonyl (C=O) groups excluding carboxylic acids is 6. The van der Waals surface area contributed by atoms with Crippen LogP contribution in [0.15, 0.2) is 48.5 Å². The molecule has 6 fully saturated rings. The molecule has 2 saturated heterocycles. The van der Waals surface area contributed by atoms with Gasteiger partial charge in [-0.25, -0.2) is 14.4 Å². The Hall–Kier alpha value is -6.28. The predicted molar refractivity (Wildman–Crippen MR) is 407 cm³/mol. The number of carboxylic acids is 3. The summed E-state index contributed by atoms with van der Waals surface area (Å²) < 4.78 is 0. The molecule has 14 atom stereocenters. The van der Waals surface area contributed by atoms with E-state index >= 15 is 0 Å². The lowest BCUT2D eigenvalue weighted by atomic mass is 9.44. The number of ketones is 2. The number of fused-ring (bicyclic) bond motifs is 5. The van der Waals surface area contributed by atoms with Gasteiger partial charge in [0.1, 0.15) is 29.7 Å². The first kappa shape index (κ1) is 87.9. The van der Waals surface area contributed by atoms with E-state index in [9.17, 15) is 83.7 Å². The highest BCUT2D eigenvalue weighted by atomic mass is 16.4. The van der Waals surface area contributed by atoms with Crippen molar-refractivity contribution < 1.29 is 83.7 Å². The number of rotatable bonds is 42. The Morgan fingerprint density at radius 3 is 1.45 bits per heavy atom. The van der Waals surface area contributed by atoms with E-state index in [0.717, 1.165) is 68.2 Å². The average Bonchev–Trinajstić information content (AvgIpc) is 1.67. The molecule has 28 nitrogen and oxygen atoms in total. The van der Waals surface area contributed by atoms with E-state index < -0.39 is 68.3 Å². The molecule has 596 valence electrons. The molecule has 10 unspecified atom stereocenters. The van der Waals surface area contributed by atoms with Crippen molar-refractivity contribution in [3.8, 4) is 0 Å². The molecule has 16 N–H and O–H groups in total. The smallest absolute Gasteiger partial charge is 0.480 e. The van der Waals surface area contributed by atoms with Crippen LogP contribution < -0.4 is 48.6 Å². The number of Topliss-reactive ketones (excluding diaryl/α,β-unsaturated/α-hetero) is 2. The van der Waals surface area contributed by atoms with E-state index in [1.807, 2.05) is 34.1 Å². The van der Waals surface area contributed by atoms with Crippen molar-refractivity contribution in [1.82, 2.24) is 51.5 Å². The van der Waals surface area contributed by atoms with Gasteiger partial charge in [-0.2, -0.15) is 0 Å². The summed E-state index contributed by atoms with van der Waals surface area (Å²) in [6.07, 6.45) is 14.6. The number of nitrogens with zero attached hydrogens (tertiary/aromatic N) is 4. The highest BCUT2D eigenvalue weighted by molar-refractivity contribution is 6.59. The summed E-state index contributed by atoms with van der Waals surface area (Å²) in [5.41, 5.74) is 8.72. The first-order chi connectivity index (χ1) is 51.1. The maximum atomic E-state index is 13.1. The van der Waals surface area contributed by atoms with E-state index in [1.165, 1.54) is 38.5 Å². The quantitative estimate of drug-likeness (QED) is 0.0328. The minimum Gasteiger partial charge on any atom is -0.480 e. The molecule has 2 aliphatic heterocycles. The van der Waals surface area contributed by atoms with Crippen LogP contribution in [0.25, 0.3) is 0 Å². The van der Waals surface area contributed by atoms with Gasteiger partial charge >= 0.3 is 32.1 Å². The molecule has 2 aromatic carbocycles. The molecule has 30 heteroatoms. The highest BCUT2D eigenvalue weighted by Crippen LogP contribution is 2.68. The van der Waals surface area contributed by atoms with E-state index in [2.05, 4.69) is 62.5 Å². The van der Waals surface area contributed by atoms with Crippen molar-refractivity contribution in [3.63, 3.8) is 0 Å². The molecular weight excluding hydrogens is 1370 g/mol. The number of piperazine rings is 2. The number of unbranched alkanes of at least 4 members (excludes halogenated alkanes) is 2. The van der Waals surface area contributed by atoms with Crippen molar-refractivity contribution in [3.05, 3.63) is 59.7 Å². The van der Waals surface area contributed by atoms with Crippen LogP contribution in [-0.2, 0) is 56.2 Å². The van der Waals surface area contributed by atoms with E-state index in [-0.39, 0.29) is 98.8 Å². The van der Waals surface area contributed by atoms with Gasteiger partial charge in [0.15, 0.2) is 0 Å². The predicted octanol–water partition coefficient (Wildman–Crippen LogP) is 1.18. The fourth-order valence-electron chi connectivity index (χ4n) is 18.5. The second-order valence-electron chi connectivity index (χ2n) is 31.8. The third-order valence-corrected chi connectivity index (χ3v) is 24.9. The van der Waals surface area contributed by atoms with Crippen LogP contribution >= 0.6 is 0 Å². The number of nitrogens with two attached hydrogens (primary N) is 1. The first-order valence-electron chi connectivity index (χ1n) is 39.5. The minimum absolute atomic E-state index is 0.0160. The lowest BCUT2D eigenvalue weighted by molar-refractivity contribution is -0.143. The van der Waals surface area contributed by atoms with E-state index in [1.54, 1.807) is 38.4 Å². The normalized spacial score (nSPS) is 24.9. The fourth-order valence-corrected chi connectivity index (χ4v) is 18.5. The first-order valence-corrected chi connectivity index (χ1v) is 39.5. The zero-order chi connectivity index (χ0) is 78.0. The molecule has 4 amide bonds. The van der Waals surface area contributed by atoms with Crippen molar-refractivity contribution in [2.75, 3.05) is 92.6 Å². The lowest BCUT2D eigenvalue weighted by Gasteiger charge is -2.61. The molecule has 4 aliphatic carbocycles. The Bertz CT molecular complexity index is 3220. The molecule has 6 aliphatic rings. The van der Waals surface area contributed by atoms with Gasteiger partial charge in [-0.05, 0) is 205 Å². The number of carboxylic acid groups (broad SMARTS) is 3. The monoisotopic (exact) mass is 1500 g/mol. The lowest BCUT2D eigenvalue weighted by Crippen LogP contribution is -2.54. The SMILES string of the molecule is CNC(CCCCN)C(=O)NC(CCC(=O)CN1CCN(Cc2ccccc2B(O)O)CC1)C(=O)O.CNC(CCCCNC(=O)CCC(NC(=O)CCC(C)C1CCC2C3CC[C@H]4C[C@@H](O)CC[C@@]4(C)C3CC[C@@]12C)C(=O)O)C(=O)NC(CCC(=O)CN1CCN(Cc2ccccc2B(O)O)CC1)C(=O)O. The zero-order valence-corrected chi connectivity index (χ0v) is 64.0. The number of hydrogen-bond acceptors (Lipinski definition) is 21. The standard InChI is InChI=1S/C53H85BN6O11.C24H40BN5O6/c1-34(40-16-17-41-39-15-13-36-31-37(61)22-24-52(36,2)42(39)23-25-53(40,41)3)12-20-48(64)57-45(50(66)67)19-21-47(63)56-26-8-7-11-44(55-4)49(65)58-46(51(68)69)18-14-38(62)33-60-29-27-59(28-30-60)32-35-9-5-6-10-43(35)54(70)71;1-27-21(8-4-5-11-26)23(32)28-22(24(33)34)10-9-19(31)17-30-14-12-29(13-15-30)16-18-6-2-3-7-20(18)25(35)36/h5-6,9-10,34,36-37,39-42,44-46,55,61,70-71H,7-8,11-33H2,1-4H3,(H,56,63)(H,57,64)(H,58,65)(H,66,67)(H,68,69);2-3,6-7,21-22,27,35-36H,4-5,8-17,26H2,1H3,(H,28,32)(H,33,34)/t34?,36-,37-,39?,40?,41?,42?,44?,45?,46?,52+,53-;/m0./s1. The molecule has 0 radical (unpaired) electrons. The Labute approximate surface area is 632 Å². The van der Waals surface area contributed by atoms with Gasteiger partial charge in [-0.1, -0.05) is 75.7 Å². The van der Waals surface area contributed by atoms with Crippen molar-refractivity contribution in [2.45, 2.75) is 218 Å². The second kappa shape index (κ2) is 43.4. The molecule has 107 heavy (non-hydrogen) atoms. The zero-order valence-electron chi connectivity index (χ0n) is 64.0. The van der Waals surface area contributed by atoms with Crippen LogP contribution in [0.5, 0.6) is 0 Å². The number of likely N-dealkylation sites (N-methyl/N-ethyl adjacent to an activating group) is 2. The number of hydrogen-bond donors (Lipinski definition) is 15. The molecular formula is C77H125B2N11O17. The molecule has 0 bridgehead atoms. The van der Waals surface area contributed by atoms with Crippen molar-refractivity contribution in [2.24, 2.45) is 52.1 Å². The van der Waals surface area contributed by atoms with Crippen LogP contribution in [0.2, 0.25) is 0 Å². The molecule has 2 heterocycles. The van der Waals surface area contributed by atoms with Gasteiger partial charge in [0, 0.05) is 97.7 Å². The maximum Gasteiger partial charge on any atom is 0.488 e. The van der Waals surface area contributed by atoms with Gasteiger partial charge in [0.25, 0.3) is 0 Å². The summed E-state index contributed by atoms with van der Waals surface area (Å²) in [4.78, 5) is 121. The third-order valence-electron chi connectivity index (χ3n) is 24.9. The summed E-state index contributed by atoms with van der Waals surface area (Å²) in [7, 11) is 0.186. The maximum absolute atomic E-state index is 13.1. The number of aliphatic carboxylic acids is 3. The van der Waals surface area contributed by atoms with Gasteiger partial charge in [0.05, 0.1) is 31.3 Å². The third kappa shape index (κ3) is 26.2. The van der Waals surface area contributed by atoms with Crippen LogP contribution in [-0.4, -0.2) is 256 Å². The second-order valence-corrected chi connectivity index (χ2v) is 31.8. The Kier molecular flexibility index (Phi) is 35.6. The van der Waals surface area contributed by atoms with E-state index in [4.69, 9.17) is 5.73 Å². The fraction of sp³-hybridized carbons (Fsp3) is 0.727. The van der Waals surface area contributed by atoms with E-state index in [0.29, 0.717) is 138 Å². The summed E-state index contributed by atoms with van der Waals surface area (Å²) >= 11 is 0. The Balaban J connectivity index is 0.000000372. The number of nitrogens with one attached hydrogen (secondary N) is 6. The number of aliphatic hydroxyl groups is 1. The largest absolute Gasteiger partial charge is 0.488 e. The molecule has 0 spiro atoms. The number of aliphatic hydroxyl groups excluding tert-OH is 1. The summed E-state index contributed by atoms with van der Waals surface area (Å²) in [6, 6.07) is 9.61. The van der Waals surface area contributed by atoms with Crippen LogP contribution in [0.4, 0.5) is 0 Å². The van der Waals surface area contributed by atoms with Gasteiger partial charge < -0.3 is 78.2 Å². The van der Waals surface area contributed by atoms with Crippen LogP contribution in [0.3, 0.4) is 0 Å². The number of amides is 4. The highest BCUT2D eigenvalue weighted by Gasteiger charge is 2.60. The minimum atomic E-state index is -1.55. The summed E-state index contributed by atoms with van der Waals surface area (Å²) in [5.74, 6) is -1.65. The van der Waals surface area contributed by atoms with Gasteiger partial charge in [-0.3, -0.25) is 48.4 Å². The molecule has 4 saturated carbocycles. The Morgan fingerprint density at radius 2 is 0.963 bits per heavy atom. The van der Waals surface area contributed by atoms with Crippen molar-refractivity contribution in [1.29, 1.82) is 0 Å². The number of carbonyl (C=O) groups is 9. The summed E-state index contributed by atoms with van der Waals surface area (Å²) in [6.45, 7) is 15.1. The molecule has 0 aromatic heterocycles. The van der Waals surface area contributed by atoms with Gasteiger partial charge in [0.2, 0.25) is 23.6 Å². The number of benzene rings is 2. The van der Waals surface area contributed by atoms with Crippen molar-refractivity contribution >= 4 is 78.3 Å². The van der Waals surface area contributed by atoms with Crippen LogP contribution in [0.1, 0.15) is 180 Å². The molecule has 2 aromatic rings. The average molecular weight is 1500 g/mol. The Morgan fingerprint density at radius 1 is 0.514 bits per heavy atom. The van der Waals surface area contributed by atoms with Crippen LogP contribution in [0, 0.1) is 46.3 Å². The molecule has 8 rings (SSSR count). The topological polar surface area (TPSA) is 427 Å². The van der Waals surface area contributed by atoms with Gasteiger partial charge in [-0.15, -0.1) is 0 Å².